The Hall–Kier alpha value is -2.89. The summed E-state index contributed by atoms with van der Waals surface area (Å²) in [6.07, 6.45) is 0. The van der Waals surface area contributed by atoms with Gasteiger partial charge in [0.25, 0.3) is 5.69 Å². The Bertz CT molecular complexity index is 683. The summed E-state index contributed by atoms with van der Waals surface area (Å²) in [5, 5.41) is 22.7. The monoisotopic (exact) mass is 272 g/mol. The van der Waals surface area contributed by atoms with Gasteiger partial charge in [0.05, 0.1) is 10.5 Å². The van der Waals surface area contributed by atoms with Crippen LogP contribution in [0.2, 0.25) is 0 Å². The lowest BCUT2D eigenvalue weighted by molar-refractivity contribution is -0.384. The summed E-state index contributed by atoms with van der Waals surface area (Å²) >= 11 is 0. The number of hydrogen-bond acceptors (Lipinski definition) is 4. The average molecular weight is 272 g/mol. The van der Waals surface area contributed by atoms with Gasteiger partial charge in [0, 0.05) is 23.5 Å². The number of aromatic carboxylic acids is 1. The minimum absolute atomic E-state index is 0.0121. The van der Waals surface area contributed by atoms with Crippen molar-refractivity contribution in [2.75, 3.05) is 5.32 Å². The number of nitro benzene ring substituents is 1. The molecule has 0 fully saturated rings. The van der Waals surface area contributed by atoms with Crippen molar-refractivity contribution in [3.8, 4) is 0 Å². The van der Waals surface area contributed by atoms with Gasteiger partial charge in [-0.25, -0.2) is 4.79 Å². The molecule has 0 radical (unpaired) electrons. The maximum Gasteiger partial charge on any atom is 0.335 e. The van der Waals surface area contributed by atoms with Crippen LogP contribution in [0.5, 0.6) is 0 Å². The highest BCUT2D eigenvalue weighted by Crippen LogP contribution is 2.24. The molecule has 0 saturated carbocycles. The molecule has 2 rings (SSSR count). The third-order valence-corrected chi connectivity index (χ3v) is 2.67. The first-order valence-electron chi connectivity index (χ1n) is 5.82. The molecule has 0 aromatic heterocycles. The fraction of sp³-hybridized carbons (Fsp3) is 0.0714. The Balaban J connectivity index is 2.32. The summed E-state index contributed by atoms with van der Waals surface area (Å²) in [4.78, 5) is 21.2. The number of nitrogens with one attached hydrogen (secondary N) is 1. The number of anilines is 2. The highest BCUT2D eigenvalue weighted by Gasteiger charge is 2.09. The summed E-state index contributed by atoms with van der Waals surface area (Å²) < 4.78 is 0. The summed E-state index contributed by atoms with van der Waals surface area (Å²) in [5.74, 6) is -1.02. The molecule has 0 saturated heterocycles. The van der Waals surface area contributed by atoms with Crippen molar-refractivity contribution in [1.82, 2.24) is 0 Å². The molecule has 0 atom stereocenters. The largest absolute Gasteiger partial charge is 0.478 e. The van der Waals surface area contributed by atoms with Gasteiger partial charge in [-0.2, -0.15) is 0 Å². The van der Waals surface area contributed by atoms with E-state index < -0.39 is 10.9 Å². The van der Waals surface area contributed by atoms with Crippen LogP contribution in [0.15, 0.2) is 42.5 Å². The maximum absolute atomic E-state index is 10.9. The van der Waals surface area contributed by atoms with Crippen LogP contribution in [0, 0.1) is 17.0 Å². The van der Waals surface area contributed by atoms with E-state index in [1.54, 1.807) is 25.1 Å². The molecule has 0 aliphatic heterocycles. The maximum atomic E-state index is 10.9. The smallest absolute Gasteiger partial charge is 0.335 e. The van der Waals surface area contributed by atoms with Crippen LogP contribution in [0.4, 0.5) is 17.1 Å². The van der Waals surface area contributed by atoms with E-state index in [-0.39, 0.29) is 11.3 Å². The van der Waals surface area contributed by atoms with Crippen molar-refractivity contribution >= 4 is 23.0 Å². The number of non-ortho nitro benzene ring substituents is 1. The molecule has 0 spiro atoms. The molecule has 2 N–H and O–H groups in total. The van der Waals surface area contributed by atoms with Gasteiger partial charge in [-0.1, -0.05) is 6.07 Å². The lowest BCUT2D eigenvalue weighted by Crippen LogP contribution is -1.98. The van der Waals surface area contributed by atoms with E-state index in [2.05, 4.69) is 5.32 Å². The van der Waals surface area contributed by atoms with Crippen LogP contribution in [-0.2, 0) is 0 Å². The number of hydrogen-bond donors (Lipinski definition) is 2. The van der Waals surface area contributed by atoms with E-state index in [1.807, 2.05) is 0 Å². The molecule has 102 valence electrons. The molecule has 2 aromatic carbocycles. The molecule has 20 heavy (non-hydrogen) atoms. The minimum atomic E-state index is -1.02. The number of carboxylic acid groups (broad SMARTS) is 1. The molecular weight excluding hydrogens is 260 g/mol. The number of carbonyl (C=O) groups is 1. The minimum Gasteiger partial charge on any atom is -0.478 e. The topological polar surface area (TPSA) is 92.5 Å². The van der Waals surface area contributed by atoms with Gasteiger partial charge in [-0.05, 0) is 36.8 Å². The Morgan fingerprint density at radius 3 is 2.60 bits per heavy atom. The first-order valence-corrected chi connectivity index (χ1v) is 5.82. The zero-order chi connectivity index (χ0) is 14.7. The molecule has 0 aliphatic rings. The Kier molecular flexibility index (Phi) is 3.65. The predicted octanol–water partition coefficient (Wildman–Crippen LogP) is 3.35. The molecule has 0 amide bonds. The molecular formula is C14H12N2O4. The van der Waals surface area contributed by atoms with Gasteiger partial charge in [-0.3, -0.25) is 10.1 Å². The van der Waals surface area contributed by atoms with Crippen LogP contribution in [0.25, 0.3) is 0 Å². The highest BCUT2D eigenvalue weighted by atomic mass is 16.6. The van der Waals surface area contributed by atoms with Crippen molar-refractivity contribution in [1.29, 1.82) is 0 Å². The summed E-state index contributed by atoms with van der Waals surface area (Å²) in [7, 11) is 0. The molecule has 0 heterocycles. The summed E-state index contributed by atoms with van der Waals surface area (Å²) in [5.41, 5.74) is 1.99. The number of aryl methyl sites for hydroxylation is 1. The molecule has 0 unspecified atom stereocenters. The van der Waals surface area contributed by atoms with Gasteiger partial charge in [0.15, 0.2) is 0 Å². The van der Waals surface area contributed by atoms with Gasteiger partial charge < -0.3 is 10.4 Å². The third-order valence-electron chi connectivity index (χ3n) is 2.67. The van der Waals surface area contributed by atoms with E-state index in [4.69, 9.17) is 5.11 Å². The van der Waals surface area contributed by atoms with Gasteiger partial charge in [-0.15, -0.1) is 0 Å². The van der Waals surface area contributed by atoms with Crippen molar-refractivity contribution in [2.24, 2.45) is 0 Å². The standard InChI is InChI=1S/C14H12N2O4/c1-9-5-12(8-13(6-9)16(19)20)15-11-4-2-3-10(7-11)14(17)18/h2-8,15H,1H3,(H,17,18). The van der Waals surface area contributed by atoms with Gasteiger partial charge in [0.1, 0.15) is 0 Å². The highest BCUT2D eigenvalue weighted by molar-refractivity contribution is 5.89. The normalized spacial score (nSPS) is 10.1. The first-order chi connectivity index (χ1) is 9.45. The quantitative estimate of drug-likeness (QED) is 0.657. The van der Waals surface area contributed by atoms with E-state index in [1.165, 1.54) is 24.3 Å². The van der Waals surface area contributed by atoms with Crippen LogP contribution in [0.1, 0.15) is 15.9 Å². The zero-order valence-electron chi connectivity index (χ0n) is 10.7. The molecule has 6 nitrogen and oxygen atoms in total. The van der Waals surface area contributed by atoms with Crippen molar-refractivity contribution in [3.05, 3.63) is 63.7 Å². The van der Waals surface area contributed by atoms with Gasteiger partial charge >= 0.3 is 5.97 Å². The van der Waals surface area contributed by atoms with Gasteiger partial charge in [0.2, 0.25) is 0 Å². The van der Waals surface area contributed by atoms with E-state index >= 15 is 0 Å². The van der Waals surface area contributed by atoms with Crippen molar-refractivity contribution in [2.45, 2.75) is 6.92 Å². The Labute approximate surface area is 114 Å². The number of nitrogens with zero attached hydrogens (tertiary/aromatic N) is 1. The lowest BCUT2D eigenvalue weighted by atomic mass is 10.1. The molecule has 0 aliphatic carbocycles. The van der Waals surface area contributed by atoms with E-state index in [0.29, 0.717) is 11.4 Å². The van der Waals surface area contributed by atoms with E-state index in [9.17, 15) is 14.9 Å². The first kappa shape index (κ1) is 13.5. The van der Waals surface area contributed by atoms with Crippen LogP contribution < -0.4 is 5.32 Å². The molecule has 0 bridgehead atoms. The van der Waals surface area contributed by atoms with E-state index in [0.717, 1.165) is 5.56 Å². The predicted molar refractivity (Wildman–Crippen MR) is 74.5 cm³/mol. The summed E-state index contributed by atoms with van der Waals surface area (Å²) in [6, 6.07) is 10.9. The van der Waals surface area contributed by atoms with Crippen molar-refractivity contribution < 1.29 is 14.8 Å². The fourth-order valence-electron chi connectivity index (χ4n) is 1.84. The molecule has 2 aromatic rings. The average Bonchev–Trinajstić information content (AvgIpc) is 2.38. The number of nitro groups is 1. The van der Waals surface area contributed by atoms with Crippen LogP contribution >= 0.6 is 0 Å². The Morgan fingerprint density at radius 2 is 1.95 bits per heavy atom. The second kappa shape index (κ2) is 5.40. The third kappa shape index (κ3) is 3.11. The Morgan fingerprint density at radius 1 is 1.20 bits per heavy atom. The number of carboxylic acids is 1. The second-order valence-electron chi connectivity index (χ2n) is 4.33. The number of benzene rings is 2. The van der Waals surface area contributed by atoms with Crippen LogP contribution in [0.3, 0.4) is 0 Å². The van der Waals surface area contributed by atoms with Crippen LogP contribution in [-0.4, -0.2) is 16.0 Å². The fourth-order valence-corrected chi connectivity index (χ4v) is 1.84. The lowest BCUT2D eigenvalue weighted by Gasteiger charge is -2.08. The second-order valence-corrected chi connectivity index (χ2v) is 4.33. The number of rotatable bonds is 4. The zero-order valence-corrected chi connectivity index (χ0v) is 10.7. The van der Waals surface area contributed by atoms with Crippen molar-refractivity contribution in [3.63, 3.8) is 0 Å². The SMILES string of the molecule is Cc1cc(Nc2cccc(C(=O)O)c2)cc([N+](=O)[O-])c1. The molecule has 6 heteroatoms. The summed E-state index contributed by atoms with van der Waals surface area (Å²) in [6.45, 7) is 1.76.